The second kappa shape index (κ2) is 8.74. The molecule has 0 spiro atoms. The number of benzene rings is 2. The Hall–Kier alpha value is -3.78. The molecule has 3 rings (SSSR count). The minimum atomic E-state index is -0.286. The van der Waals surface area contributed by atoms with Crippen LogP contribution in [0.15, 0.2) is 72.9 Å². The van der Waals surface area contributed by atoms with Crippen molar-refractivity contribution in [2.45, 2.75) is 6.54 Å². The Morgan fingerprint density at radius 2 is 1.86 bits per heavy atom. The second-order valence-electron chi connectivity index (χ2n) is 6.44. The Kier molecular flexibility index (Phi) is 5.93. The van der Waals surface area contributed by atoms with Crippen LogP contribution in [0.2, 0.25) is 0 Å². The molecule has 0 unspecified atom stereocenters. The van der Waals surface area contributed by atoms with E-state index in [0.29, 0.717) is 23.5 Å². The monoisotopic (exact) mass is 371 g/mol. The van der Waals surface area contributed by atoms with Crippen LogP contribution in [0.25, 0.3) is 0 Å². The van der Waals surface area contributed by atoms with Gasteiger partial charge in [0.05, 0.1) is 6.54 Å². The molecule has 1 aromatic heterocycles. The molecule has 0 aliphatic carbocycles. The molecule has 1 N–H and O–H groups in total. The lowest BCUT2D eigenvalue weighted by Gasteiger charge is -2.18. The van der Waals surface area contributed by atoms with Crippen molar-refractivity contribution in [1.82, 2.24) is 9.47 Å². The van der Waals surface area contributed by atoms with Crippen molar-refractivity contribution < 1.29 is 9.59 Å². The zero-order chi connectivity index (χ0) is 19.9. The molecule has 0 radical (unpaired) electrons. The summed E-state index contributed by atoms with van der Waals surface area (Å²) in [6.07, 6.45) is 7.24. The standard InChI is InChI=1S/C23H21N3O2/c1-3-18-11-7-12-20(15-18)24-22(27)17-25(2)23(28)21-13-8-14-26(21)16-19-9-5-4-6-10-19/h1,4-15H,16-17H2,2H3,(H,24,27). The second-order valence-corrected chi connectivity index (χ2v) is 6.44. The number of carbonyl (C=O) groups is 2. The smallest absolute Gasteiger partial charge is 0.270 e. The summed E-state index contributed by atoms with van der Waals surface area (Å²) in [5, 5.41) is 2.77. The van der Waals surface area contributed by atoms with Gasteiger partial charge in [-0.15, -0.1) is 6.42 Å². The van der Waals surface area contributed by atoms with Gasteiger partial charge in [0.2, 0.25) is 5.91 Å². The van der Waals surface area contributed by atoms with E-state index in [2.05, 4.69) is 11.2 Å². The summed E-state index contributed by atoms with van der Waals surface area (Å²) in [5.74, 6) is 2.03. The summed E-state index contributed by atoms with van der Waals surface area (Å²) in [7, 11) is 1.61. The normalized spacial score (nSPS) is 10.1. The van der Waals surface area contributed by atoms with Crippen LogP contribution in [0.1, 0.15) is 21.6 Å². The van der Waals surface area contributed by atoms with Crippen molar-refractivity contribution in [3.05, 3.63) is 89.7 Å². The van der Waals surface area contributed by atoms with Gasteiger partial charge >= 0.3 is 0 Å². The fourth-order valence-corrected chi connectivity index (χ4v) is 2.90. The molecule has 5 heteroatoms. The molecule has 28 heavy (non-hydrogen) atoms. The van der Waals surface area contributed by atoms with Crippen molar-refractivity contribution in [3.8, 4) is 12.3 Å². The number of likely N-dealkylation sites (N-methyl/N-ethyl adjacent to an activating group) is 1. The lowest BCUT2D eigenvalue weighted by atomic mass is 10.2. The molecular formula is C23H21N3O2. The van der Waals surface area contributed by atoms with Crippen molar-refractivity contribution in [1.29, 1.82) is 0 Å². The van der Waals surface area contributed by atoms with Crippen LogP contribution in [0.4, 0.5) is 5.69 Å². The molecule has 0 bridgehead atoms. The fourth-order valence-electron chi connectivity index (χ4n) is 2.90. The Bertz CT molecular complexity index is 1020. The van der Waals surface area contributed by atoms with Crippen molar-refractivity contribution in [2.24, 2.45) is 0 Å². The Morgan fingerprint density at radius 1 is 1.07 bits per heavy atom. The maximum atomic E-state index is 12.8. The first kappa shape index (κ1) is 19.0. The molecule has 2 amide bonds. The third kappa shape index (κ3) is 4.68. The number of hydrogen-bond acceptors (Lipinski definition) is 2. The molecule has 140 valence electrons. The number of hydrogen-bond donors (Lipinski definition) is 1. The Morgan fingerprint density at radius 3 is 2.61 bits per heavy atom. The van der Waals surface area contributed by atoms with Gasteiger partial charge in [-0.05, 0) is 35.9 Å². The fraction of sp³-hybridized carbons (Fsp3) is 0.130. The van der Waals surface area contributed by atoms with Crippen LogP contribution in [0.5, 0.6) is 0 Å². The Balaban J connectivity index is 1.64. The summed E-state index contributed by atoms with van der Waals surface area (Å²) in [5.41, 5.74) is 2.92. The van der Waals surface area contributed by atoms with Crippen LogP contribution in [-0.4, -0.2) is 34.9 Å². The van der Waals surface area contributed by atoms with Gasteiger partial charge in [0.15, 0.2) is 0 Å². The van der Waals surface area contributed by atoms with E-state index in [-0.39, 0.29) is 18.4 Å². The first-order valence-corrected chi connectivity index (χ1v) is 8.88. The van der Waals surface area contributed by atoms with Crippen LogP contribution in [0.3, 0.4) is 0 Å². The highest BCUT2D eigenvalue weighted by molar-refractivity contribution is 5.98. The number of nitrogens with one attached hydrogen (secondary N) is 1. The predicted molar refractivity (Wildman–Crippen MR) is 110 cm³/mol. The first-order chi connectivity index (χ1) is 13.6. The maximum Gasteiger partial charge on any atom is 0.270 e. The van der Waals surface area contributed by atoms with Gasteiger partial charge in [0, 0.05) is 31.0 Å². The van der Waals surface area contributed by atoms with Gasteiger partial charge in [-0.1, -0.05) is 42.3 Å². The average Bonchev–Trinajstić information content (AvgIpc) is 3.16. The number of carbonyl (C=O) groups excluding carboxylic acids is 2. The van der Waals surface area contributed by atoms with E-state index in [1.54, 1.807) is 37.4 Å². The van der Waals surface area contributed by atoms with Crippen molar-refractivity contribution in [3.63, 3.8) is 0 Å². The van der Waals surface area contributed by atoms with Gasteiger partial charge in [0.1, 0.15) is 5.69 Å². The minimum Gasteiger partial charge on any atom is -0.339 e. The molecule has 0 saturated heterocycles. The zero-order valence-electron chi connectivity index (χ0n) is 15.6. The molecule has 3 aromatic rings. The van der Waals surface area contributed by atoms with Crippen molar-refractivity contribution in [2.75, 3.05) is 18.9 Å². The SMILES string of the molecule is C#Cc1cccc(NC(=O)CN(C)C(=O)c2cccn2Cc2ccccc2)c1. The molecule has 0 aliphatic heterocycles. The predicted octanol–water partition coefficient (Wildman–Crippen LogP) is 3.23. The van der Waals surface area contributed by atoms with Crippen molar-refractivity contribution >= 4 is 17.5 Å². The van der Waals surface area contributed by atoms with Crippen LogP contribution in [-0.2, 0) is 11.3 Å². The number of rotatable bonds is 6. The van der Waals surface area contributed by atoms with E-state index < -0.39 is 0 Å². The molecule has 0 saturated carbocycles. The largest absolute Gasteiger partial charge is 0.339 e. The van der Waals surface area contributed by atoms with Gasteiger partial charge in [0.25, 0.3) is 5.91 Å². The lowest BCUT2D eigenvalue weighted by molar-refractivity contribution is -0.116. The van der Waals surface area contributed by atoms with Gasteiger partial charge in [-0.3, -0.25) is 9.59 Å². The quantitative estimate of drug-likeness (QED) is 0.677. The molecule has 5 nitrogen and oxygen atoms in total. The van der Waals surface area contributed by atoms with Crippen LogP contribution in [0, 0.1) is 12.3 Å². The van der Waals surface area contributed by atoms with E-state index >= 15 is 0 Å². The number of amides is 2. The highest BCUT2D eigenvalue weighted by Gasteiger charge is 2.18. The molecule has 0 atom stereocenters. The number of nitrogens with zero attached hydrogens (tertiary/aromatic N) is 2. The topological polar surface area (TPSA) is 54.3 Å². The summed E-state index contributed by atoms with van der Waals surface area (Å²) < 4.78 is 1.88. The van der Waals surface area contributed by atoms with Gasteiger partial charge < -0.3 is 14.8 Å². The van der Waals surface area contributed by atoms with Gasteiger partial charge in [-0.25, -0.2) is 0 Å². The van der Waals surface area contributed by atoms with Crippen LogP contribution < -0.4 is 5.32 Å². The van der Waals surface area contributed by atoms with E-state index in [1.807, 2.05) is 47.2 Å². The van der Waals surface area contributed by atoms with E-state index in [9.17, 15) is 9.59 Å². The molecule has 0 aliphatic rings. The summed E-state index contributed by atoms with van der Waals surface area (Å²) in [4.78, 5) is 26.5. The molecule has 2 aromatic carbocycles. The third-order valence-corrected chi connectivity index (χ3v) is 4.28. The third-order valence-electron chi connectivity index (χ3n) is 4.28. The average molecular weight is 371 g/mol. The summed E-state index contributed by atoms with van der Waals surface area (Å²) >= 11 is 0. The molecular weight excluding hydrogens is 350 g/mol. The van der Waals surface area contributed by atoms with Gasteiger partial charge in [-0.2, -0.15) is 0 Å². The lowest BCUT2D eigenvalue weighted by Crippen LogP contribution is -2.36. The van der Waals surface area contributed by atoms with Crippen LogP contribution >= 0.6 is 0 Å². The highest BCUT2D eigenvalue weighted by Crippen LogP contribution is 2.12. The number of anilines is 1. The summed E-state index contributed by atoms with van der Waals surface area (Å²) in [6.45, 7) is 0.531. The van der Waals surface area contributed by atoms with E-state index in [1.165, 1.54) is 4.90 Å². The zero-order valence-corrected chi connectivity index (χ0v) is 15.6. The molecule has 0 fully saturated rings. The van der Waals surface area contributed by atoms with E-state index in [0.717, 1.165) is 5.56 Å². The maximum absolute atomic E-state index is 12.8. The summed E-state index contributed by atoms with van der Waals surface area (Å²) in [6, 6.07) is 20.5. The highest BCUT2D eigenvalue weighted by atomic mass is 16.2. The number of terminal acetylenes is 1. The van der Waals surface area contributed by atoms with E-state index in [4.69, 9.17) is 6.42 Å². The number of aromatic nitrogens is 1. The molecule has 1 heterocycles. The first-order valence-electron chi connectivity index (χ1n) is 8.88. The Labute approximate surface area is 164 Å². The minimum absolute atomic E-state index is 0.0599.